The van der Waals surface area contributed by atoms with Gasteiger partial charge in [0, 0.05) is 5.41 Å². The van der Waals surface area contributed by atoms with Gasteiger partial charge < -0.3 is 4.74 Å². The van der Waals surface area contributed by atoms with E-state index in [4.69, 9.17) is 4.74 Å². The Morgan fingerprint density at radius 3 is 2.50 bits per heavy atom. The normalized spacial score (nSPS) is 29.7. The lowest BCUT2D eigenvalue weighted by molar-refractivity contribution is -0.170. The fraction of sp³-hybridized carbons (Fsp3) is 1.00. The molecule has 0 saturated carbocycles. The van der Waals surface area contributed by atoms with Gasteiger partial charge in [0.05, 0.1) is 12.7 Å². The molecule has 0 aromatic heterocycles. The molecule has 0 aromatic rings. The van der Waals surface area contributed by atoms with Crippen LogP contribution in [0.1, 0.15) is 40.0 Å². The fourth-order valence-electron chi connectivity index (χ4n) is 1.40. The van der Waals surface area contributed by atoms with Crippen LogP contribution in [0.3, 0.4) is 0 Å². The maximum atomic E-state index is 5.45. The van der Waals surface area contributed by atoms with E-state index >= 15 is 0 Å². The summed E-state index contributed by atoms with van der Waals surface area (Å²) in [6.45, 7) is 7.76. The van der Waals surface area contributed by atoms with Gasteiger partial charge in [0.1, 0.15) is 0 Å². The van der Waals surface area contributed by atoms with Crippen molar-refractivity contribution in [3.8, 4) is 0 Å². The summed E-state index contributed by atoms with van der Waals surface area (Å²) in [6.07, 6.45) is 4.40. The van der Waals surface area contributed by atoms with Gasteiger partial charge in [0.2, 0.25) is 0 Å². The molecule has 1 unspecified atom stereocenters. The van der Waals surface area contributed by atoms with Gasteiger partial charge in [-0.3, -0.25) is 0 Å². The lowest BCUT2D eigenvalue weighted by Gasteiger charge is -2.44. The molecule has 1 aliphatic rings. The summed E-state index contributed by atoms with van der Waals surface area (Å²) in [6, 6.07) is 0. The molecular weight excluding hydrogens is 124 g/mol. The summed E-state index contributed by atoms with van der Waals surface area (Å²) >= 11 is 0. The highest BCUT2D eigenvalue weighted by Gasteiger charge is 2.38. The molecule has 0 aromatic carbocycles. The maximum Gasteiger partial charge on any atom is 0.0648 e. The molecule has 0 amide bonds. The van der Waals surface area contributed by atoms with Crippen molar-refractivity contribution in [1.29, 1.82) is 0 Å². The summed E-state index contributed by atoms with van der Waals surface area (Å²) in [5.41, 5.74) is 0.467. The van der Waals surface area contributed by atoms with Gasteiger partial charge >= 0.3 is 0 Å². The molecule has 1 saturated heterocycles. The van der Waals surface area contributed by atoms with E-state index in [2.05, 4.69) is 20.8 Å². The number of unbranched alkanes of at least 4 members (excludes halogenated alkanes) is 1. The van der Waals surface area contributed by atoms with Crippen LogP contribution in [0.2, 0.25) is 0 Å². The van der Waals surface area contributed by atoms with E-state index in [0.29, 0.717) is 11.5 Å². The monoisotopic (exact) mass is 142 g/mol. The first kappa shape index (κ1) is 8.06. The molecule has 1 heteroatoms. The quantitative estimate of drug-likeness (QED) is 0.588. The molecule has 0 bridgehead atoms. The van der Waals surface area contributed by atoms with Crippen molar-refractivity contribution in [3.63, 3.8) is 0 Å². The van der Waals surface area contributed by atoms with Crippen LogP contribution in [0.4, 0.5) is 0 Å². The maximum absolute atomic E-state index is 5.45. The van der Waals surface area contributed by atoms with Crippen molar-refractivity contribution < 1.29 is 4.74 Å². The van der Waals surface area contributed by atoms with Crippen molar-refractivity contribution in [2.45, 2.75) is 46.1 Å². The standard InChI is InChI=1S/C9H18O/c1-4-5-6-8-9(2,3)7-10-8/h8H,4-7H2,1-3H3. The van der Waals surface area contributed by atoms with E-state index in [1.807, 2.05) is 0 Å². The van der Waals surface area contributed by atoms with Crippen molar-refractivity contribution in [2.24, 2.45) is 5.41 Å². The molecule has 0 aliphatic carbocycles. The van der Waals surface area contributed by atoms with Gasteiger partial charge in [-0.2, -0.15) is 0 Å². The minimum absolute atomic E-state index is 0.467. The minimum Gasteiger partial charge on any atom is -0.377 e. The first-order chi connectivity index (χ1) is 4.67. The first-order valence-corrected chi connectivity index (χ1v) is 4.28. The summed E-state index contributed by atoms with van der Waals surface area (Å²) < 4.78 is 5.45. The molecule has 1 heterocycles. The van der Waals surface area contributed by atoms with Crippen LogP contribution in [-0.2, 0) is 4.74 Å². The lowest BCUT2D eigenvalue weighted by Crippen LogP contribution is -2.47. The minimum atomic E-state index is 0.467. The molecule has 1 aliphatic heterocycles. The molecule has 1 nitrogen and oxygen atoms in total. The van der Waals surface area contributed by atoms with E-state index in [9.17, 15) is 0 Å². The third-order valence-electron chi connectivity index (χ3n) is 2.35. The number of rotatable bonds is 3. The molecule has 1 rings (SSSR count). The SMILES string of the molecule is CCCCC1OCC1(C)C. The summed E-state index contributed by atoms with van der Waals surface area (Å²) in [5.74, 6) is 0. The molecule has 0 radical (unpaired) electrons. The zero-order valence-electron chi connectivity index (χ0n) is 7.31. The Balaban J connectivity index is 2.17. The second-order valence-corrected chi connectivity index (χ2v) is 3.93. The summed E-state index contributed by atoms with van der Waals surface area (Å²) in [7, 11) is 0. The predicted octanol–water partition coefficient (Wildman–Crippen LogP) is 2.60. The van der Waals surface area contributed by atoms with Crippen LogP contribution in [0.25, 0.3) is 0 Å². The smallest absolute Gasteiger partial charge is 0.0648 e. The van der Waals surface area contributed by atoms with Gasteiger partial charge in [-0.15, -0.1) is 0 Å². The van der Waals surface area contributed by atoms with E-state index < -0.39 is 0 Å². The van der Waals surface area contributed by atoms with E-state index in [-0.39, 0.29) is 0 Å². The number of hydrogen-bond donors (Lipinski definition) is 0. The Morgan fingerprint density at radius 1 is 1.50 bits per heavy atom. The summed E-state index contributed by atoms with van der Waals surface area (Å²) in [4.78, 5) is 0. The Kier molecular flexibility index (Phi) is 2.35. The van der Waals surface area contributed by atoms with Gasteiger partial charge in [0.25, 0.3) is 0 Å². The van der Waals surface area contributed by atoms with Crippen molar-refractivity contribution in [1.82, 2.24) is 0 Å². The highest BCUT2D eigenvalue weighted by Crippen LogP contribution is 2.36. The molecule has 1 fully saturated rings. The number of ether oxygens (including phenoxy) is 1. The van der Waals surface area contributed by atoms with E-state index in [0.717, 1.165) is 6.61 Å². The molecule has 10 heavy (non-hydrogen) atoms. The Bertz CT molecular complexity index is 107. The van der Waals surface area contributed by atoms with Crippen LogP contribution >= 0.6 is 0 Å². The van der Waals surface area contributed by atoms with Crippen molar-refractivity contribution >= 4 is 0 Å². The topological polar surface area (TPSA) is 9.23 Å². The second-order valence-electron chi connectivity index (χ2n) is 3.93. The van der Waals surface area contributed by atoms with Gasteiger partial charge in [0.15, 0.2) is 0 Å². The van der Waals surface area contributed by atoms with Crippen molar-refractivity contribution in [2.75, 3.05) is 6.61 Å². The molecule has 0 N–H and O–H groups in total. The van der Waals surface area contributed by atoms with Crippen LogP contribution in [0.5, 0.6) is 0 Å². The van der Waals surface area contributed by atoms with Gasteiger partial charge in [-0.25, -0.2) is 0 Å². The zero-order chi connectivity index (χ0) is 7.61. The van der Waals surface area contributed by atoms with Crippen LogP contribution in [0, 0.1) is 5.41 Å². The van der Waals surface area contributed by atoms with Crippen LogP contribution in [-0.4, -0.2) is 12.7 Å². The van der Waals surface area contributed by atoms with Crippen molar-refractivity contribution in [3.05, 3.63) is 0 Å². The molecule has 0 spiro atoms. The molecule has 1 atom stereocenters. The average Bonchev–Trinajstić information content (AvgIpc) is 1.87. The largest absolute Gasteiger partial charge is 0.377 e. The second kappa shape index (κ2) is 2.91. The van der Waals surface area contributed by atoms with Crippen LogP contribution in [0.15, 0.2) is 0 Å². The highest BCUT2D eigenvalue weighted by molar-refractivity contribution is 4.86. The van der Waals surface area contributed by atoms with E-state index in [1.165, 1.54) is 19.3 Å². The Morgan fingerprint density at radius 2 is 2.20 bits per heavy atom. The highest BCUT2D eigenvalue weighted by atomic mass is 16.5. The fourth-order valence-corrected chi connectivity index (χ4v) is 1.40. The lowest BCUT2D eigenvalue weighted by atomic mass is 9.80. The number of hydrogen-bond acceptors (Lipinski definition) is 1. The predicted molar refractivity (Wildman–Crippen MR) is 43.0 cm³/mol. The summed E-state index contributed by atoms with van der Waals surface area (Å²) in [5, 5.41) is 0. The third-order valence-corrected chi connectivity index (χ3v) is 2.35. The van der Waals surface area contributed by atoms with Gasteiger partial charge in [-0.05, 0) is 6.42 Å². The van der Waals surface area contributed by atoms with E-state index in [1.54, 1.807) is 0 Å². The molecule has 60 valence electrons. The zero-order valence-corrected chi connectivity index (χ0v) is 7.31. The Labute approximate surface area is 63.8 Å². The van der Waals surface area contributed by atoms with Crippen LogP contribution < -0.4 is 0 Å². The molecular formula is C9H18O. The third kappa shape index (κ3) is 1.51. The van der Waals surface area contributed by atoms with Gasteiger partial charge in [-0.1, -0.05) is 33.6 Å². The first-order valence-electron chi connectivity index (χ1n) is 4.28. The average molecular weight is 142 g/mol. The Hall–Kier alpha value is -0.0400.